The molecule has 5 heteroatoms. The van der Waals surface area contributed by atoms with Gasteiger partial charge in [0.2, 0.25) is 0 Å². The normalized spacial score (nSPS) is 9.70. The van der Waals surface area contributed by atoms with Crippen molar-refractivity contribution in [3.8, 4) is 5.75 Å². The molecule has 0 unspecified atom stereocenters. The zero-order chi connectivity index (χ0) is 15.0. The summed E-state index contributed by atoms with van der Waals surface area (Å²) < 4.78 is 5.50. The molecular weight excluding hydrogens is 258 g/mol. The number of carbonyl (C=O) groups excluding carboxylic acids is 1. The van der Waals surface area contributed by atoms with E-state index in [4.69, 9.17) is 9.84 Å². The average molecular weight is 277 g/mol. The van der Waals surface area contributed by atoms with Gasteiger partial charge in [-0.3, -0.25) is 9.59 Å². The van der Waals surface area contributed by atoms with Crippen LogP contribution in [0.5, 0.6) is 5.75 Å². The number of carbonyl (C=O) groups is 2. The summed E-state index contributed by atoms with van der Waals surface area (Å²) in [5.74, 6) is -0.642. The van der Waals surface area contributed by atoms with E-state index in [1.165, 1.54) is 0 Å². The average Bonchev–Trinajstić information content (AvgIpc) is 2.38. The predicted octanol–water partition coefficient (Wildman–Crippen LogP) is 2.24. The van der Waals surface area contributed by atoms with Crippen molar-refractivity contribution >= 4 is 11.9 Å². The summed E-state index contributed by atoms with van der Waals surface area (Å²) in [7, 11) is 0. The number of nitrogens with one attached hydrogen (secondary N) is 1. The Hall–Kier alpha value is -2.30. The minimum atomic E-state index is -0.941. The van der Waals surface area contributed by atoms with Crippen molar-refractivity contribution < 1.29 is 19.4 Å². The molecule has 0 radical (unpaired) electrons. The molecule has 2 N–H and O–H groups in total. The number of allylic oxidation sites excluding steroid dienone is 1. The number of hydrogen-bond acceptors (Lipinski definition) is 3. The Bertz CT molecular complexity index is 504. The SMILES string of the molecule is CC(C)=CCOc1cccc(C(=O)NCCC(=O)O)c1. The summed E-state index contributed by atoms with van der Waals surface area (Å²) in [4.78, 5) is 22.2. The van der Waals surface area contributed by atoms with Crippen LogP contribution in [0.1, 0.15) is 30.6 Å². The highest BCUT2D eigenvalue weighted by Gasteiger charge is 2.07. The maximum Gasteiger partial charge on any atom is 0.305 e. The van der Waals surface area contributed by atoms with Crippen molar-refractivity contribution in [2.45, 2.75) is 20.3 Å². The lowest BCUT2D eigenvalue weighted by molar-refractivity contribution is -0.136. The van der Waals surface area contributed by atoms with Crippen LogP contribution in [0.4, 0.5) is 0 Å². The first-order chi connectivity index (χ1) is 9.49. The third-order valence-corrected chi connectivity index (χ3v) is 2.46. The summed E-state index contributed by atoms with van der Waals surface area (Å²) in [6.07, 6.45) is 1.85. The monoisotopic (exact) mass is 277 g/mol. The molecule has 0 aromatic heterocycles. The summed E-state index contributed by atoms with van der Waals surface area (Å²) in [6.45, 7) is 4.52. The van der Waals surface area contributed by atoms with E-state index in [1.807, 2.05) is 19.9 Å². The Labute approximate surface area is 118 Å². The lowest BCUT2D eigenvalue weighted by atomic mass is 10.2. The fourth-order valence-electron chi connectivity index (χ4n) is 1.42. The second-order valence-corrected chi connectivity index (χ2v) is 4.52. The number of hydrogen-bond donors (Lipinski definition) is 2. The Balaban J connectivity index is 2.56. The molecule has 0 spiro atoms. The Kier molecular flexibility index (Phi) is 6.29. The first-order valence-electron chi connectivity index (χ1n) is 6.35. The zero-order valence-corrected chi connectivity index (χ0v) is 11.7. The quantitative estimate of drug-likeness (QED) is 0.749. The molecule has 0 fully saturated rings. The molecular formula is C15H19NO4. The molecule has 1 amide bonds. The number of aliphatic carboxylic acids is 1. The van der Waals surface area contributed by atoms with Crippen LogP contribution in [0.15, 0.2) is 35.9 Å². The Morgan fingerprint density at radius 1 is 1.35 bits per heavy atom. The second-order valence-electron chi connectivity index (χ2n) is 4.52. The molecule has 0 aliphatic rings. The van der Waals surface area contributed by atoms with Gasteiger partial charge in [-0.15, -0.1) is 0 Å². The molecule has 0 aliphatic heterocycles. The van der Waals surface area contributed by atoms with Gasteiger partial charge in [0.15, 0.2) is 0 Å². The van der Waals surface area contributed by atoms with Gasteiger partial charge in [0, 0.05) is 12.1 Å². The van der Waals surface area contributed by atoms with Gasteiger partial charge in [0.25, 0.3) is 5.91 Å². The third-order valence-electron chi connectivity index (χ3n) is 2.46. The molecule has 0 heterocycles. The van der Waals surface area contributed by atoms with E-state index in [9.17, 15) is 9.59 Å². The van der Waals surface area contributed by atoms with Crippen molar-refractivity contribution in [2.24, 2.45) is 0 Å². The van der Waals surface area contributed by atoms with Crippen LogP contribution in [-0.2, 0) is 4.79 Å². The maximum atomic E-state index is 11.8. The molecule has 1 aromatic rings. The largest absolute Gasteiger partial charge is 0.490 e. The van der Waals surface area contributed by atoms with Gasteiger partial charge in [-0.25, -0.2) is 0 Å². The van der Waals surface area contributed by atoms with E-state index in [1.54, 1.807) is 24.3 Å². The zero-order valence-electron chi connectivity index (χ0n) is 11.7. The highest BCUT2D eigenvalue weighted by molar-refractivity contribution is 5.94. The number of benzene rings is 1. The molecule has 0 saturated carbocycles. The van der Waals surface area contributed by atoms with Crippen LogP contribution < -0.4 is 10.1 Å². The van der Waals surface area contributed by atoms with Crippen molar-refractivity contribution in [1.82, 2.24) is 5.32 Å². The number of amides is 1. The van der Waals surface area contributed by atoms with Crippen molar-refractivity contribution in [3.05, 3.63) is 41.5 Å². The van der Waals surface area contributed by atoms with Gasteiger partial charge in [-0.05, 0) is 38.1 Å². The third kappa shape index (κ3) is 6.04. The van der Waals surface area contributed by atoms with Crippen LogP contribution in [-0.4, -0.2) is 30.1 Å². The first kappa shape index (κ1) is 15.8. The van der Waals surface area contributed by atoms with Crippen LogP contribution in [0.25, 0.3) is 0 Å². The van der Waals surface area contributed by atoms with Gasteiger partial charge in [0.1, 0.15) is 12.4 Å². The van der Waals surface area contributed by atoms with Crippen LogP contribution >= 0.6 is 0 Å². The van der Waals surface area contributed by atoms with E-state index < -0.39 is 5.97 Å². The molecule has 0 aliphatic carbocycles. The smallest absolute Gasteiger partial charge is 0.305 e. The van der Waals surface area contributed by atoms with Gasteiger partial charge >= 0.3 is 5.97 Å². The Morgan fingerprint density at radius 3 is 2.75 bits per heavy atom. The molecule has 0 saturated heterocycles. The second kappa shape index (κ2) is 7.99. The fourth-order valence-corrected chi connectivity index (χ4v) is 1.42. The maximum absolute atomic E-state index is 11.8. The summed E-state index contributed by atoms with van der Waals surface area (Å²) >= 11 is 0. The summed E-state index contributed by atoms with van der Waals surface area (Å²) in [5.41, 5.74) is 1.61. The van der Waals surface area contributed by atoms with Crippen molar-refractivity contribution in [1.29, 1.82) is 0 Å². The Morgan fingerprint density at radius 2 is 2.10 bits per heavy atom. The van der Waals surface area contributed by atoms with E-state index in [-0.39, 0.29) is 18.9 Å². The molecule has 20 heavy (non-hydrogen) atoms. The number of carboxylic acid groups (broad SMARTS) is 1. The standard InChI is InChI=1S/C15H19NO4/c1-11(2)7-9-20-13-5-3-4-12(10-13)15(19)16-8-6-14(17)18/h3-5,7,10H,6,8-9H2,1-2H3,(H,16,19)(H,17,18). The van der Waals surface area contributed by atoms with E-state index in [2.05, 4.69) is 5.32 Å². The topological polar surface area (TPSA) is 75.6 Å². The molecule has 0 atom stereocenters. The number of ether oxygens (including phenoxy) is 1. The molecule has 5 nitrogen and oxygen atoms in total. The minimum absolute atomic E-state index is 0.0947. The highest BCUT2D eigenvalue weighted by atomic mass is 16.5. The van der Waals surface area contributed by atoms with E-state index in [0.29, 0.717) is 17.9 Å². The minimum Gasteiger partial charge on any atom is -0.490 e. The summed E-state index contributed by atoms with van der Waals surface area (Å²) in [6, 6.07) is 6.79. The van der Waals surface area contributed by atoms with Gasteiger partial charge in [0.05, 0.1) is 6.42 Å². The van der Waals surface area contributed by atoms with Gasteiger partial charge in [-0.2, -0.15) is 0 Å². The van der Waals surface area contributed by atoms with Crippen molar-refractivity contribution in [3.63, 3.8) is 0 Å². The van der Waals surface area contributed by atoms with E-state index in [0.717, 1.165) is 5.57 Å². The molecule has 0 bridgehead atoms. The van der Waals surface area contributed by atoms with Crippen LogP contribution in [0.3, 0.4) is 0 Å². The first-order valence-corrected chi connectivity index (χ1v) is 6.35. The number of carboxylic acids is 1. The van der Waals surface area contributed by atoms with Crippen LogP contribution in [0.2, 0.25) is 0 Å². The lowest BCUT2D eigenvalue weighted by Crippen LogP contribution is -2.25. The number of rotatable bonds is 7. The predicted molar refractivity (Wildman–Crippen MR) is 76.0 cm³/mol. The van der Waals surface area contributed by atoms with Crippen LogP contribution in [0, 0.1) is 0 Å². The van der Waals surface area contributed by atoms with Gasteiger partial charge < -0.3 is 15.2 Å². The molecule has 108 valence electrons. The van der Waals surface area contributed by atoms with Gasteiger partial charge in [-0.1, -0.05) is 11.6 Å². The highest BCUT2D eigenvalue weighted by Crippen LogP contribution is 2.13. The summed E-state index contributed by atoms with van der Waals surface area (Å²) in [5, 5.41) is 11.1. The fraction of sp³-hybridized carbons (Fsp3) is 0.333. The lowest BCUT2D eigenvalue weighted by Gasteiger charge is -2.07. The molecule has 1 aromatic carbocycles. The van der Waals surface area contributed by atoms with Crippen molar-refractivity contribution in [2.75, 3.05) is 13.2 Å². The van der Waals surface area contributed by atoms with E-state index >= 15 is 0 Å². The molecule has 1 rings (SSSR count).